The zero-order valence-electron chi connectivity index (χ0n) is 9.34. The molecule has 0 N–H and O–H groups in total. The zero-order chi connectivity index (χ0) is 11.3. The molecule has 15 heavy (non-hydrogen) atoms. The van der Waals surface area contributed by atoms with E-state index < -0.39 is 0 Å². The largest absolute Gasteiger partial charge is 0.493 e. The molecule has 0 saturated heterocycles. The van der Waals surface area contributed by atoms with Crippen molar-refractivity contribution in [1.82, 2.24) is 0 Å². The van der Waals surface area contributed by atoms with Crippen LogP contribution >= 0.6 is 0 Å². The number of ether oxygens (including phenoxy) is 1. The number of unbranched alkanes of at least 4 members (excludes halogenated alkanes) is 1. The summed E-state index contributed by atoms with van der Waals surface area (Å²) < 4.78 is 5.66. The molecule has 1 aromatic carbocycles. The van der Waals surface area contributed by atoms with Crippen LogP contribution in [-0.2, 0) is 0 Å². The third-order valence-electron chi connectivity index (χ3n) is 2.23. The van der Waals surface area contributed by atoms with Crippen LogP contribution in [0.3, 0.4) is 0 Å². The van der Waals surface area contributed by atoms with Crippen molar-refractivity contribution in [3.8, 4) is 11.8 Å². The van der Waals surface area contributed by atoms with E-state index in [1.165, 1.54) is 0 Å². The van der Waals surface area contributed by atoms with Gasteiger partial charge in [0.05, 0.1) is 18.2 Å². The summed E-state index contributed by atoms with van der Waals surface area (Å²) in [5.74, 6) is 0.905. The summed E-state index contributed by atoms with van der Waals surface area (Å²) in [5.41, 5.74) is 2.74. The molecule has 0 aromatic heterocycles. The molecule has 2 heteroatoms. The van der Waals surface area contributed by atoms with E-state index in [9.17, 15) is 0 Å². The van der Waals surface area contributed by atoms with Crippen LogP contribution in [-0.4, -0.2) is 6.61 Å². The van der Waals surface area contributed by atoms with Crippen LogP contribution in [0.4, 0.5) is 0 Å². The lowest BCUT2D eigenvalue weighted by Crippen LogP contribution is -2.00. The van der Waals surface area contributed by atoms with Crippen LogP contribution in [0, 0.1) is 32.1 Å². The molecule has 0 heterocycles. The molecule has 0 bridgehead atoms. The molecule has 1 aromatic rings. The minimum absolute atomic E-state index is 0.689. The molecule has 0 fully saturated rings. The quantitative estimate of drug-likeness (QED) is 0.702. The summed E-state index contributed by atoms with van der Waals surface area (Å²) in [4.78, 5) is 0. The molecule has 0 amide bonds. The van der Waals surface area contributed by atoms with E-state index in [1.807, 2.05) is 26.0 Å². The van der Waals surface area contributed by atoms with Crippen molar-refractivity contribution >= 4 is 0 Å². The van der Waals surface area contributed by atoms with Gasteiger partial charge in [-0.2, -0.15) is 5.26 Å². The van der Waals surface area contributed by atoms with E-state index in [0.717, 1.165) is 29.7 Å². The summed E-state index contributed by atoms with van der Waals surface area (Å²) in [5, 5.41) is 8.79. The molecule has 0 saturated carbocycles. The number of rotatable bonds is 4. The minimum Gasteiger partial charge on any atom is -0.493 e. The number of aryl methyl sites for hydroxylation is 2. The SMILES string of the molecule is [CH2]CCCOc1c(C)cc(C#N)cc1C. The fourth-order valence-corrected chi connectivity index (χ4v) is 1.52. The van der Waals surface area contributed by atoms with Gasteiger partial charge >= 0.3 is 0 Å². The van der Waals surface area contributed by atoms with Crippen molar-refractivity contribution in [2.45, 2.75) is 26.7 Å². The van der Waals surface area contributed by atoms with Crippen molar-refractivity contribution in [3.63, 3.8) is 0 Å². The molecule has 0 atom stereocenters. The van der Waals surface area contributed by atoms with Gasteiger partial charge in [-0.3, -0.25) is 0 Å². The fraction of sp³-hybridized carbons (Fsp3) is 0.385. The van der Waals surface area contributed by atoms with Gasteiger partial charge < -0.3 is 4.74 Å². The van der Waals surface area contributed by atoms with Crippen LogP contribution in [0.25, 0.3) is 0 Å². The molecule has 2 nitrogen and oxygen atoms in total. The second-order valence-electron chi connectivity index (χ2n) is 3.61. The van der Waals surface area contributed by atoms with E-state index in [1.54, 1.807) is 0 Å². The lowest BCUT2D eigenvalue weighted by molar-refractivity contribution is 0.308. The van der Waals surface area contributed by atoms with Gasteiger partial charge in [-0.05, 0) is 43.5 Å². The Bertz CT molecular complexity index is 354. The molecule has 1 radical (unpaired) electrons. The van der Waals surface area contributed by atoms with Gasteiger partial charge in [0, 0.05) is 0 Å². The summed E-state index contributed by atoms with van der Waals surface area (Å²) in [6.45, 7) is 8.39. The first kappa shape index (κ1) is 11.6. The number of hydrogen-bond donors (Lipinski definition) is 0. The lowest BCUT2D eigenvalue weighted by atomic mass is 10.1. The van der Waals surface area contributed by atoms with Gasteiger partial charge in [-0.15, -0.1) is 0 Å². The fourth-order valence-electron chi connectivity index (χ4n) is 1.52. The molecular weight excluding hydrogens is 186 g/mol. The Kier molecular flexibility index (Phi) is 4.17. The van der Waals surface area contributed by atoms with Gasteiger partial charge in [0.25, 0.3) is 0 Å². The summed E-state index contributed by atoms with van der Waals surface area (Å²) in [6, 6.07) is 5.84. The Morgan fingerprint density at radius 2 is 1.93 bits per heavy atom. The van der Waals surface area contributed by atoms with Crippen molar-refractivity contribution in [1.29, 1.82) is 5.26 Å². The van der Waals surface area contributed by atoms with E-state index in [-0.39, 0.29) is 0 Å². The number of nitriles is 1. The average molecular weight is 202 g/mol. The van der Waals surface area contributed by atoms with E-state index >= 15 is 0 Å². The maximum atomic E-state index is 8.79. The maximum absolute atomic E-state index is 8.79. The maximum Gasteiger partial charge on any atom is 0.125 e. The summed E-state index contributed by atoms with van der Waals surface area (Å²) in [6.07, 6.45) is 1.84. The van der Waals surface area contributed by atoms with Gasteiger partial charge in [0.15, 0.2) is 0 Å². The smallest absolute Gasteiger partial charge is 0.125 e. The molecular formula is C13H16NO. The molecule has 0 aliphatic heterocycles. The first-order valence-corrected chi connectivity index (χ1v) is 5.12. The third-order valence-corrected chi connectivity index (χ3v) is 2.23. The van der Waals surface area contributed by atoms with Gasteiger partial charge in [-0.1, -0.05) is 13.3 Å². The zero-order valence-corrected chi connectivity index (χ0v) is 9.34. The second-order valence-corrected chi connectivity index (χ2v) is 3.61. The Hall–Kier alpha value is -1.49. The Morgan fingerprint density at radius 1 is 1.33 bits per heavy atom. The molecule has 0 aliphatic rings. The van der Waals surface area contributed by atoms with Gasteiger partial charge in [0.2, 0.25) is 0 Å². The first-order chi connectivity index (χ1) is 7.19. The van der Waals surface area contributed by atoms with Crippen molar-refractivity contribution in [2.24, 2.45) is 0 Å². The average Bonchev–Trinajstić information content (AvgIpc) is 2.22. The normalized spacial score (nSPS) is 9.73. The van der Waals surface area contributed by atoms with Gasteiger partial charge in [-0.25, -0.2) is 0 Å². The third kappa shape index (κ3) is 2.99. The second kappa shape index (κ2) is 5.41. The number of nitrogens with zero attached hydrogens (tertiary/aromatic N) is 1. The highest BCUT2D eigenvalue weighted by molar-refractivity contribution is 5.47. The lowest BCUT2D eigenvalue weighted by Gasteiger charge is -2.11. The predicted molar refractivity (Wildman–Crippen MR) is 60.7 cm³/mol. The van der Waals surface area contributed by atoms with Crippen LogP contribution in [0.15, 0.2) is 12.1 Å². The highest BCUT2D eigenvalue weighted by Crippen LogP contribution is 2.24. The molecule has 79 valence electrons. The van der Waals surface area contributed by atoms with Crippen LogP contribution in [0.5, 0.6) is 5.75 Å². The summed E-state index contributed by atoms with van der Waals surface area (Å²) in [7, 11) is 0. The predicted octanol–water partition coefficient (Wildman–Crippen LogP) is 3.17. The Balaban J connectivity index is 2.85. The van der Waals surface area contributed by atoms with Crippen molar-refractivity contribution in [3.05, 3.63) is 35.7 Å². The van der Waals surface area contributed by atoms with E-state index in [0.29, 0.717) is 12.2 Å². The number of hydrogen-bond acceptors (Lipinski definition) is 2. The molecule has 0 aliphatic carbocycles. The molecule has 0 unspecified atom stereocenters. The molecule has 1 rings (SSSR count). The highest BCUT2D eigenvalue weighted by atomic mass is 16.5. The van der Waals surface area contributed by atoms with Crippen molar-refractivity contribution in [2.75, 3.05) is 6.61 Å². The standard InChI is InChI=1S/C13H16NO/c1-4-5-6-15-13-10(2)7-12(9-14)8-11(13)3/h7-8H,1,4-6H2,2-3H3. The summed E-state index contributed by atoms with van der Waals surface area (Å²) >= 11 is 0. The van der Waals surface area contributed by atoms with E-state index in [2.05, 4.69) is 13.0 Å². The Labute approximate surface area is 91.5 Å². The topological polar surface area (TPSA) is 33.0 Å². The van der Waals surface area contributed by atoms with E-state index in [4.69, 9.17) is 10.00 Å². The van der Waals surface area contributed by atoms with Gasteiger partial charge in [0.1, 0.15) is 5.75 Å². The number of benzene rings is 1. The van der Waals surface area contributed by atoms with Crippen molar-refractivity contribution < 1.29 is 4.74 Å². The van der Waals surface area contributed by atoms with Crippen LogP contribution in [0.2, 0.25) is 0 Å². The Morgan fingerprint density at radius 3 is 2.40 bits per heavy atom. The van der Waals surface area contributed by atoms with Crippen LogP contribution in [0.1, 0.15) is 29.5 Å². The monoisotopic (exact) mass is 202 g/mol. The van der Waals surface area contributed by atoms with Crippen LogP contribution < -0.4 is 4.74 Å². The minimum atomic E-state index is 0.689. The highest BCUT2D eigenvalue weighted by Gasteiger charge is 2.05. The molecule has 0 spiro atoms. The first-order valence-electron chi connectivity index (χ1n) is 5.12.